The van der Waals surface area contributed by atoms with Crippen LogP contribution in [0.5, 0.6) is 0 Å². The molecule has 3 heteroatoms. The van der Waals surface area contributed by atoms with Crippen LogP contribution in [0.4, 0.5) is 0 Å². The van der Waals surface area contributed by atoms with Gasteiger partial charge < -0.3 is 9.52 Å². The van der Waals surface area contributed by atoms with Crippen molar-refractivity contribution < 1.29 is 9.52 Å². The van der Waals surface area contributed by atoms with E-state index in [-0.39, 0.29) is 0 Å². The minimum atomic E-state index is -0.796. The molecule has 1 aromatic heterocycles. The maximum atomic E-state index is 11.3. The largest absolute Gasteiger partial charge is 0.422 e. The van der Waals surface area contributed by atoms with Crippen LogP contribution >= 0.6 is 0 Å². The van der Waals surface area contributed by atoms with Gasteiger partial charge in [0.05, 0.1) is 11.7 Å². The van der Waals surface area contributed by atoms with Crippen LogP contribution < -0.4 is 5.63 Å². The Hall–Kier alpha value is -1.61. The summed E-state index contributed by atoms with van der Waals surface area (Å²) in [6, 6.07) is 8.88. The van der Waals surface area contributed by atoms with Crippen molar-refractivity contribution in [3.63, 3.8) is 0 Å². The van der Waals surface area contributed by atoms with E-state index in [9.17, 15) is 9.90 Å². The van der Waals surface area contributed by atoms with Gasteiger partial charge in [0.2, 0.25) is 0 Å². The second-order valence-corrected chi connectivity index (χ2v) is 3.20. The smallest absolute Gasteiger partial charge is 0.342 e. The predicted octanol–water partition coefficient (Wildman–Crippen LogP) is 1.85. The fraction of sp³-hybridized carbons (Fsp3) is 0.182. The van der Waals surface area contributed by atoms with Crippen LogP contribution in [0.25, 0.3) is 11.0 Å². The molecule has 0 radical (unpaired) electrons. The Bertz CT molecular complexity index is 511. The van der Waals surface area contributed by atoms with Gasteiger partial charge in [0.1, 0.15) is 5.58 Å². The molecule has 0 aliphatic heterocycles. The fourth-order valence-electron chi connectivity index (χ4n) is 1.37. The molecule has 3 nitrogen and oxygen atoms in total. The molecule has 1 aromatic carbocycles. The molecule has 1 heterocycles. The summed E-state index contributed by atoms with van der Waals surface area (Å²) in [4.78, 5) is 11.3. The van der Waals surface area contributed by atoms with E-state index in [4.69, 9.17) is 4.42 Å². The van der Waals surface area contributed by atoms with E-state index in [2.05, 4.69) is 0 Å². The molecule has 0 fully saturated rings. The van der Waals surface area contributed by atoms with Gasteiger partial charge in [-0.25, -0.2) is 4.79 Å². The number of hydrogen-bond acceptors (Lipinski definition) is 3. The standard InChI is InChI=1S/C11H10O3/c1-7(12)9-6-8-4-2-3-5-10(8)14-11(9)13/h2-7,12H,1H3. The maximum absolute atomic E-state index is 11.3. The Labute approximate surface area is 80.6 Å². The SMILES string of the molecule is CC(O)c1cc2ccccc2oc1=O. The summed E-state index contributed by atoms with van der Waals surface area (Å²) >= 11 is 0. The summed E-state index contributed by atoms with van der Waals surface area (Å²) < 4.78 is 5.04. The average molecular weight is 190 g/mol. The van der Waals surface area contributed by atoms with Crippen LogP contribution in [0.15, 0.2) is 39.5 Å². The van der Waals surface area contributed by atoms with E-state index in [1.807, 2.05) is 12.1 Å². The summed E-state index contributed by atoms with van der Waals surface area (Å²) in [5.41, 5.74) is 0.365. The molecule has 2 rings (SSSR count). The Morgan fingerprint density at radius 1 is 1.36 bits per heavy atom. The second kappa shape index (κ2) is 3.27. The third kappa shape index (κ3) is 1.42. The van der Waals surface area contributed by atoms with E-state index in [1.165, 1.54) is 0 Å². The molecule has 72 valence electrons. The van der Waals surface area contributed by atoms with Gasteiger partial charge >= 0.3 is 5.63 Å². The molecule has 0 spiro atoms. The Balaban J connectivity index is 2.78. The lowest BCUT2D eigenvalue weighted by atomic mass is 10.1. The summed E-state index contributed by atoms with van der Waals surface area (Å²) in [5.74, 6) is 0. The number of aliphatic hydroxyl groups is 1. The summed E-state index contributed by atoms with van der Waals surface area (Å²) in [6.07, 6.45) is -0.796. The molecule has 2 aromatic rings. The van der Waals surface area contributed by atoms with Gasteiger partial charge in [0.15, 0.2) is 0 Å². The van der Waals surface area contributed by atoms with Gasteiger partial charge in [0.25, 0.3) is 0 Å². The van der Waals surface area contributed by atoms with Crippen molar-refractivity contribution in [2.45, 2.75) is 13.0 Å². The zero-order valence-electron chi connectivity index (χ0n) is 7.73. The summed E-state index contributed by atoms with van der Waals surface area (Å²) in [6.45, 7) is 1.54. The molecule has 14 heavy (non-hydrogen) atoms. The van der Waals surface area contributed by atoms with Gasteiger partial charge in [-0.3, -0.25) is 0 Å². The predicted molar refractivity (Wildman–Crippen MR) is 53.1 cm³/mol. The van der Waals surface area contributed by atoms with Crippen LogP contribution in [0.2, 0.25) is 0 Å². The minimum absolute atomic E-state index is 0.295. The molecule has 0 saturated carbocycles. The van der Waals surface area contributed by atoms with Crippen LogP contribution in [-0.2, 0) is 0 Å². The number of aliphatic hydroxyl groups excluding tert-OH is 1. The second-order valence-electron chi connectivity index (χ2n) is 3.20. The number of para-hydroxylation sites is 1. The van der Waals surface area contributed by atoms with Crippen molar-refractivity contribution >= 4 is 11.0 Å². The highest BCUT2D eigenvalue weighted by atomic mass is 16.4. The van der Waals surface area contributed by atoms with Crippen LogP contribution in [-0.4, -0.2) is 5.11 Å². The molecule has 0 amide bonds. The van der Waals surface area contributed by atoms with Crippen LogP contribution in [0.3, 0.4) is 0 Å². The number of rotatable bonds is 1. The van der Waals surface area contributed by atoms with Crippen molar-refractivity contribution in [1.29, 1.82) is 0 Å². The molecule has 0 bridgehead atoms. The Morgan fingerprint density at radius 2 is 2.07 bits per heavy atom. The Morgan fingerprint density at radius 3 is 2.79 bits per heavy atom. The molecular formula is C11H10O3. The molecule has 0 aliphatic carbocycles. The first-order valence-electron chi connectivity index (χ1n) is 4.39. The molecule has 1 atom stereocenters. The van der Waals surface area contributed by atoms with Gasteiger partial charge in [-0.2, -0.15) is 0 Å². The minimum Gasteiger partial charge on any atom is -0.422 e. The first-order chi connectivity index (χ1) is 6.68. The van der Waals surface area contributed by atoms with E-state index in [0.717, 1.165) is 5.39 Å². The van der Waals surface area contributed by atoms with E-state index < -0.39 is 11.7 Å². The van der Waals surface area contributed by atoms with Crippen molar-refractivity contribution in [2.24, 2.45) is 0 Å². The summed E-state index contributed by atoms with van der Waals surface area (Å²) in [7, 11) is 0. The van der Waals surface area contributed by atoms with Gasteiger partial charge in [-0.1, -0.05) is 18.2 Å². The zero-order chi connectivity index (χ0) is 10.1. The fourth-order valence-corrected chi connectivity index (χ4v) is 1.37. The van der Waals surface area contributed by atoms with Crippen LogP contribution in [0.1, 0.15) is 18.6 Å². The van der Waals surface area contributed by atoms with Crippen LogP contribution in [0, 0.1) is 0 Å². The maximum Gasteiger partial charge on any atom is 0.342 e. The topological polar surface area (TPSA) is 50.4 Å². The quantitative estimate of drug-likeness (QED) is 0.698. The lowest BCUT2D eigenvalue weighted by Gasteiger charge is -2.03. The highest BCUT2D eigenvalue weighted by molar-refractivity contribution is 5.76. The van der Waals surface area contributed by atoms with Crippen molar-refractivity contribution in [1.82, 2.24) is 0 Å². The normalized spacial score (nSPS) is 13.0. The van der Waals surface area contributed by atoms with Crippen molar-refractivity contribution in [3.8, 4) is 0 Å². The van der Waals surface area contributed by atoms with E-state index in [0.29, 0.717) is 11.1 Å². The van der Waals surface area contributed by atoms with Gasteiger partial charge in [-0.05, 0) is 19.1 Å². The number of hydrogen-bond donors (Lipinski definition) is 1. The molecular weight excluding hydrogens is 180 g/mol. The average Bonchev–Trinajstić information content (AvgIpc) is 2.16. The first-order valence-corrected chi connectivity index (χ1v) is 4.39. The van der Waals surface area contributed by atoms with Crippen molar-refractivity contribution in [2.75, 3.05) is 0 Å². The highest BCUT2D eigenvalue weighted by Crippen LogP contribution is 2.15. The molecule has 1 unspecified atom stereocenters. The number of fused-ring (bicyclic) bond motifs is 1. The van der Waals surface area contributed by atoms with Gasteiger partial charge in [0, 0.05) is 5.39 Å². The van der Waals surface area contributed by atoms with E-state index in [1.54, 1.807) is 25.1 Å². The van der Waals surface area contributed by atoms with Gasteiger partial charge in [-0.15, -0.1) is 0 Å². The third-order valence-corrected chi connectivity index (χ3v) is 2.12. The van der Waals surface area contributed by atoms with E-state index >= 15 is 0 Å². The third-order valence-electron chi connectivity index (χ3n) is 2.12. The highest BCUT2D eigenvalue weighted by Gasteiger charge is 2.08. The number of benzene rings is 1. The lowest BCUT2D eigenvalue weighted by molar-refractivity contribution is 0.194. The van der Waals surface area contributed by atoms with Crippen molar-refractivity contribution in [3.05, 3.63) is 46.3 Å². The summed E-state index contributed by atoms with van der Waals surface area (Å²) in [5, 5.41) is 10.1. The lowest BCUT2D eigenvalue weighted by Crippen LogP contribution is -2.09. The zero-order valence-corrected chi connectivity index (χ0v) is 7.73. The Kier molecular flexibility index (Phi) is 2.09. The molecule has 1 N–H and O–H groups in total. The first kappa shape index (κ1) is 8.97. The molecule has 0 aliphatic rings. The molecule has 0 saturated heterocycles. The monoisotopic (exact) mass is 190 g/mol.